The summed E-state index contributed by atoms with van der Waals surface area (Å²) in [6, 6.07) is 0. The molecule has 0 unspecified atom stereocenters. The lowest BCUT2D eigenvalue weighted by Gasteiger charge is -2.00. The van der Waals surface area contributed by atoms with Gasteiger partial charge in [-0.05, 0) is 12.5 Å². The number of esters is 1. The Hall–Kier alpha value is -1.36. The first-order chi connectivity index (χ1) is 9.34. The van der Waals surface area contributed by atoms with Gasteiger partial charge in [-0.25, -0.2) is 9.18 Å². The molecule has 6 nitrogen and oxygen atoms in total. The number of carbonyl (C=O) groups excluding carboxylic acids is 1. The average molecular weight is 412 g/mol. The fourth-order valence-corrected chi connectivity index (χ4v) is 3.34. The first-order valence-electron chi connectivity index (χ1n) is 5.16. The fraction of sp³-hybridized carbons (Fsp3) is 0.182. The Labute approximate surface area is 129 Å². The van der Waals surface area contributed by atoms with Gasteiger partial charge in [0, 0.05) is 42.5 Å². The minimum Gasteiger partial charge on any atom is -0.477 e. The van der Waals surface area contributed by atoms with Gasteiger partial charge in [-0.2, -0.15) is 0 Å². The molecule has 0 saturated heterocycles. The molecule has 1 aromatic rings. The van der Waals surface area contributed by atoms with Crippen LogP contribution in [-0.2, 0) is 9.53 Å². The molecule has 0 atom stereocenters. The lowest BCUT2D eigenvalue weighted by molar-refractivity contribution is -0.133. The third-order valence-electron chi connectivity index (χ3n) is 2.38. The van der Waals surface area contributed by atoms with E-state index in [1.807, 2.05) is 21.2 Å². The van der Waals surface area contributed by atoms with Crippen LogP contribution >= 0.6 is 30.3 Å². The summed E-state index contributed by atoms with van der Waals surface area (Å²) in [5.74, 6) is -2.77. The van der Waals surface area contributed by atoms with Gasteiger partial charge in [0.05, 0.1) is 11.6 Å². The fourth-order valence-electron chi connectivity index (χ4n) is 1.62. The molecule has 0 radical (unpaired) electrons. The van der Waals surface area contributed by atoms with Crippen LogP contribution in [0.3, 0.4) is 0 Å². The molecule has 108 valence electrons. The van der Waals surface area contributed by atoms with Gasteiger partial charge in [-0.3, -0.25) is 8.77 Å². The Morgan fingerprint density at radius 1 is 1.55 bits per heavy atom. The average Bonchev–Trinajstić information content (AvgIpc) is 2.67. The van der Waals surface area contributed by atoms with E-state index in [1.165, 1.54) is 17.8 Å². The van der Waals surface area contributed by atoms with E-state index in [9.17, 15) is 19.1 Å². The number of aromatic carboxylic acids is 1. The molecule has 0 bridgehead atoms. The van der Waals surface area contributed by atoms with E-state index >= 15 is 0 Å². The maximum absolute atomic E-state index is 13.8. The molecule has 0 fully saturated rings. The van der Waals surface area contributed by atoms with Gasteiger partial charge in [0.1, 0.15) is 12.0 Å². The van der Waals surface area contributed by atoms with E-state index < -0.39 is 17.8 Å². The van der Waals surface area contributed by atoms with Crippen LogP contribution in [0, 0.1) is 12.3 Å². The Balaban J connectivity index is 3.93. The highest BCUT2D eigenvalue weighted by molar-refractivity contribution is 14.2. The summed E-state index contributed by atoms with van der Waals surface area (Å²) in [6.45, 7) is 2.60. The summed E-state index contributed by atoms with van der Waals surface area (Å²) in [5.41, 5.74) is 0.0101. The Kier molecular flexibility index (Phi) is 5.74. The number of rotatable bonds is 4. The first-order valence-corrected chi connectivity index (χ1v) is 8.48. The molecule has 0 aromatic carbocycles. The van der Waals surface area contributed by atoms with Gasteiger partial charge in [0.15, 0.2) is 5.83 Å². The molecule has 0 amide bonds. The van der Waals surface area contributed by atoms with Crippen molar-refractivity contribution in [2.45, 2.75) is 13.8 Å². The first kappa shape index (κ1) is 16.7. The van der Waals surface area contributed by atoms with Gasteiger partial charge in [0.2, 0.25) is 0 Å². The summed E-state index contributed by atoms with van der Waals surface area (Å²) < 4.78 is 19.7. The number of halogens is 2. The maximum Gasteiger partial charge on any atom is 0.353 e. The molecule has 1 heterocycles. The Morgan fingerprint density at radius 3 is 2.55 bits per heavy atom. The van der Waals surface area contributed by atoms with Crippen molar-refractivity contribution in [3.63, 3.8) is 0 Å². The number of carboxylic acids is 1. The molecule has 0 aliphatic rings. The van der Waals surface area contributed by atoms with Crippen LogP contribution < -0.4 is 10.6 Å². The van der Waals surface area contributed by atoms with E-state index in [1.54, 1.807) is 0 Å². The van der Waals surface area contributed by atoms with Crippen molar-refractivity contribution < 1.29 is 23.8 Å². The normalized spacial score (nSPS) is 13.1. The number of carbonyl (C=O) groups is 2. The van der Waals surface area contributed by atoms with Gasteiger partial charge in [-0.1, -0.05) is 0 Å². The lowest BCUT2D eigenvalue weighted by Crippen LogP contribution is -2.30. The molecule has 0 aliphatic carbocycles. The molecule has 20 heavy (non-hydrogen) atoms. The van der Waals surface area contributed by atoms with Crippen molar-refractivity contribution in [1.29, 1.82) is 5.41 Å². The third kappa shape index (κ3) is 3.20. The number of hydrogen-bond acceptors (Lipinski definition) is 5. The molecule has 2 N–H and O–H groups in total. The quantitative estimate of drug-likeness (QED) is 0.443. The van der Waals surface area contributed by atoms with Gasteiger partial charge in [0.25, 0.3) is 0 Å². The van der Waals surface area contributed by atoms with Crippen molar-refractivity contribution >= 4 is 60.6 Å². The summed E-state index contributed by atoms with van der Waals surface area (Å²) in [7, 11) is 0.993. The SMILES string of the molecule is CC(=O)O/C=c1\c(=C(\F)C=N)c(C)c(C(=O)O)n1SI. The standard InChI is InChI=1S/C11H10FIN2O4S/c1-5-9(7(12)3-14)8(4-19-6(2)16)15(20-13)10(5)11(17)18/h3-4,14H,1-2H3,(H,17,18)/b8-4+,9-7+,14-3?. The molecular formula is C11H10FIN2O4S. The minimum absolute atomic E-state index is 0.0653. The number of aromatic nitrogens is 1. The summed E-state index contributed by atoms with van der Waals surface area (Å²) >= 11 is 1.83. The number of nitrogens with zero attached hydrogens (tertiary/aromatic N) is 1. The minimum atomic E-state index is -1.24. The topological polar surface area (TPSA) is 92.4 Å². The number of nitrogens with one attached hydrogen (secondary N) is 1. The van der Waals surface area contributed by atoms with E-state index in [2.05, 4.69) is 0 Å². The maximum atomic E-state index is 13.8. The zero-order chi connectivity index (χ0) is 15.4. The molecule has 9 heteroatoms. The predicted octanol–water partition coefficient (Wildman–Crippen LogP) is 1.37. The van der Waals surface area contributed by atoms with Gasteiger partial charge in [-0.15, -0.1) is 0 Å². The van der Waals surface area contributed by atoms with Crippen LogP contribution in [0.15, 0.2) is 0 Å². The van der Waals surface area contributed by atoms with E-state index in [4.69, 9.17) is 10.1 Å². The van der Waals surface area contributed by atoms with Crippen LogP contribution in [0.1, 0.15) is 23.0 Å². The van der Waals surface area contributed by atoms with Gasteiger partial charge < -0.3 is 15.3 Å². The molecule has 0 aliphatic heterocycles. The Bertz CT molecular complexity index is 698. The summed E-state index contributed by atoms with van der Waals surface area (Å²) in [4.78, 5) is 22.1. The monoisotopic (exact) mass is 412 g/mol. The van der Waals surface area contributed by atoms with Crippen molar-refractivity contribution in [3.05, 3.63) is 21.8 Å². The Morgan fingerprint density at radius 2 is 2.15 bits per heavy atom. The van der Waals surface area contributed by atoms with Crippen molar-refractivity contribution in [2.24, 2.45) is 0 Å². The van der Waals surface area contributed by atoms with Crippen LogP contribution in [-0.4, -0.2) is 27.2 Å². The molecule has 1 rings (SSSR count). The molecule has 0 saturated carbocycles. The van der Waals surface area contributed by atoms with E-state index in [0.29, 0.717) is 6.21 Å². The molecular weight excluding hydrogens is 402 g/mol. The van der Waals surface area contributed by atoms with Crippen LogP contribution in [0.5, 0.6) is 0 Å². The van der Waals surface area contributed by atoms with Crippen molar-refractivity contribution in [3.8, 4) is 0 Å². The predicted molar refractivity (Wildman–Crippen MR) is 81.9 cm³/mol. The lowest BCUT2D eigenvalue weighted by atomic mass is 10.2. The van der Waals surface area contributed by atoms with Crippen LogP contribution in [0.2, 0.25) is 0 Å². The highest BCUT2D eigenvalue weighted by Gasteiger charge is 2.20. The largest absolute Gasteiger partial charge is 0.477 e. The van der Waals surface area contributed by atoms with Crippen LogP contribution in [0.4, 0.5) is 4.39 Å². The van der Waals surface area contributed by atoms with Gasteiger partial charge >= 0.3 is 11.9 Å². The van der Waals surface area contributed by atoms with Crippen LogP contribution in [0.25, 0.3) is 12.1 Å². The highest BCUT2D eigenvalue weighted by Crippen LogP contribution is 2.17. The number of hydrogen-bond donors (Lipinski definition) is 2. The zero-order valence-corrected chi connectivity index (χ0v) is 13.4. The number of carboxylic acid groups (broad SMARTS) is 1. The molecule has 0 spiro atoms. The summed E-state index contributed by atoms with van der Waals surface area (Å²) in [5, 5.41) is 16.2. The zero-order valence-electron chi connectivity index (χ0n) is 10.4. The third-order valence-corrected chi connectivity index (χ3v) is 4.08. The second-order valence-corrected chi connectivity index (χ2v) is 5.31. The van der Waals surface area contributed by atoms with E-state index in [0.717, 1.165) is 15.4 Å². The highest BCUT2D eigenvalue weighted by atomic mass is 127. The molecule has 1 aromatic heterocycles. The number of ether oxygens (including phenoxy) is 1. The smallest absolute Gasteiger partial charge is 0.353 e. The van der Waals surface area contributed by atoms with E-state index in [-0.39, 0.29) is 21.8 Å². The second-order valence-electron chi connectivity index (χ2n) is 3.62. The summed E-state index contributed by atoms with van der Waals surface area (Å²) in [6.07, 6.45) is 1.45. The second kappa shape index (κ2) is 6.88. The van der Waals surface area contributed by atoms with Crippen molar-refractivity contribution in [1.82, 2.24) is 3.97 Å². The van der Waals surface area contributed by atoms with Crippen molar-refractivity contribution in [2.75, 3.05) is 0 Å².